The van der Waals surface area contributed by atoms with Crippen LogP contribution in [0.2, 0.25) is 0 Å². The second kappa shape index (κ2) is 5.87. The molecule has 112 valence electrons. The number of fused-ring (bicyclic) bond motifs is 1. The highest BCUT2D eigenvalue weighted by molar-refractivity contribution is 7.89. The molecule has 0 unspecified atom stereocenters. The van der Waals surface area contributed by atoms with E-state index in [2.05, 4.69) is 15.1 Å². The van der Waals surface area contributed by atoms with Gasteiger partial charge in [-0.1, -0.05) is 6.07 Å². The average Bonchev–Trinajstić information content (AvgIpc) is 3.00. The Morgan fingerprint density at radius 3 is 3.05 bits per heavy atom. The number of sulfonamides is 1. The molecule has 0 saturated heterocycles. The number of hydrogen-bond donors (Lipinski definition) is 2. The number of rotatable bonds is 5. The Labute approximate surface area is 124 Å². The number of anilines is 1. The molecule has 0 radical (unpaired) electrons. The lowest BCUT2D eigenvalue weighted by molar-refractivity contribution is 0.559. The lowest BCUT2D eigenvalue weighted by Crippen LogP contribution is -2.29. The third kappa shape index (κ3) is 3.08. The van der Waals surface area contributed by atoms with Gasteiger partial charge in [0, 0.05) is 31.2 Å². The Hall–Kier alpha value is -1.86. The van der Waals surface area contributed by atoms with Crippen LogP contribution >= 0.6 is 0 Å². The van der Waals surface area contributed by atoms with Crippen LogP contribution in [-0.2, 0) is 23.0 Å². The van der Waals surface area contributed by atoms with Crippen molar-refractivity contribution in [3.05, 3.63) is 42.2 Å². The predicted molar refractivity (Wildman–Crippen MR) is 80.7 cm³/mol. The number of benzene rings is 1. The lowest BCUT2D eigenvalue weighted by atomic mass is 10.0. The topological polar surface area (TPSA) is 76.0 Å². The molecular weight excluding hydrogens is 288 g/mol. The standard InChI is InChI=1S/C14H18N4O2S/c19-21(20,17-9-11-18-10-3-8-16-18)14-6-1-5-13-12(14)4-2-7-15-13/h1,3,5-6,8,10,15,17H,2,4,7,9,11H2. The molecular formula is C14H18N4O2S. The number of aromatic nitrogens is 2. The molecule has 21 heavy (non-hydrogen) atoms. The zero-order valence-electron chi connectivity index (χ0n) is 11.6. The van der Waals surface area contributed by atoms with Crippen molar-refractivity contribution >= 4 is 15.7 Å². The molecule has 0 atom stereocenters. The van der Waals surface area contributed by atoms with Crippen molar-refractivity contribution in [3.8, 4) is 0 Å². The Bertz CT molecular complexity index is 711. The maximum absolute atomic E-state index is 12.5. The molecule has 1 aliphatic rings. The van der Waals surface area contributed by atoms with E-state index < -0.39 is 10.0 Å². The first-order valence-electron chi connectivity index (χ1n) is 7.00. The molecule has 0 saturated carbocycles. The van der Waals surface area contributed by atoms with Crippen molar-refractivity contribution in [2.24, 2.45) is 0 Å². The summed E-state index contributed by atoms with van der Waals surface area (Å²) < 4.78 is 29.3. The zero-order chi connectivity index (χ0) is 14.7. The summed E-state index contributed by atoms with van der Waals surface area (Å²) in [6.07, 6.45) is 5.22. The van der Waals surface area contributed by atoms with Gasteiger partial charge in [0.05, 0.1) is 11.4 Å². The number of nitrogens with zero attached hydrogens (tertiary/aromatic N) is 2. The number of hydrogen-bond acceptors (Lipinski definition) is 4. The van der Waals surface area contributed by atoms with Gasteiger partial charge in [-0.15, -0.1) is 0 Å². The average molecular weight is 306 g/mol. The molecule has 1 aromatic carbocycles. The van der Waals surface area contributed by atoms with E-state index in [9.17, 15) is 8.42 Å². The zero-order valence-corrected chi connectivity index (χ0v) is 12.4. The van der Waals surface area contributed by atoms with Crippen molar-refractivity contribution in [2.75, 3.05) is 18.4 Å². The summed E-state index contributed by atoms with van der Waals surface area (Å²) in [5.41, 5.74) is 1.81. The molecule has 1 aliphatic heterocycles. The third-order valence-electron chi connectivity index (χ3n) is 3.53. The molecule has 2 N–H and O–H groups in total. The molecule has 0 aliphatic carbocycles. The summed E-state index contributed by atoms with van der Waals surface area (Å²) in [4.78, 5) is 0.382. The fraction of sp³-hybridized carbons (Fsp3) is 0.357. The summed E-state index contributed by atoms with van der Waals surface area (Å²) in [6, 6.07) is 7.19. The van der Waals surface area contributed by atoms with E-state index in [4.69, 9.17) is 0 Å². The van der Waals surface area contributed by atoms with Gasteiger partial charge < -0.3 is 5.32 Å². The molecule has 0 bridgehead atoms. The SMILES string of the molecule is O=S(=O)(NCCn1cccn1)c1cccc2c1CCCN2. The summed E-state index contributed by atoms with van der Waals surface area (Å²) in [5.74, 6) is 0. The quantitative estimate of drug-likeness (QED) is 0.871. The van der Waals surface area contributed by atoms with Crippen LogP contribution in [-0.4, -0.2) is 31.3 Å². The summed E-state index contributed by atoms with van der Waals surface area (Å²) in [6.45, 7) is 1.73. The third-order valence-corrected chi connectivity index (χ3v) is 5.08. The van der Waals surface area contributed by atoms with Crippen LogP contribution in [0.4, 0.5) is 5.69 Å². The van der Waals surface area contributed by atoms with Crippen LogP contribution in [0, 0.1) is 0 Å². The predicted octanol–water partition coefficient (Wildman–Crippen LogP) is 1.22. The van der Waals surface area contributed by atoms with E-state index in [-0.39, 0.29) is 0 Å². The van der Waals surface area contributed by atoms with E-state index in [1.54, 1.807) is 23.0 Å². The largest absolute Gasteiger partial charge is 0.385 e. The van der Waals surface area contributed by atoms with Crippen molar-refractivity contribution < 1.29 is 8.42 Å². The first kappa shape index (κ1) is 14.1. The van der Waals surface area contributed by atoms with Crippen LogP contribution in [0.5, 0.6) is 0 Å². The smallest absolute Gasteiger partial charge is 0.240 e. The Kier molecular flexibility index (Phi) is 3.94. The van der Waals surface area contributed by atoms with Gasteiger partial charge in [0.15, 0.2) is 0 Å². The number of nitrogens with one attached hydrogen (secondary N) is 2. The van der Waals surface area contributed by atoms with Gasteiger partial charge >= 0.3 is 0 Å². The molecule has 0 amide bonds. The molecule has 2 heterocycles. The van der Waals surface area contributed by atoms with Crippen molar-refractivity contribution in [3.63, 3.8) is 0 Å². The van der Waals surface area contributed by atoms with Gasteiger partial charge in [-0.25, -0.2) is 13.1 Å². The summed E-state index contributed by atoms with van der Waals surface area (Å²) in [5, 5.41) is 7.30. The molecule has 0 spiro atoms. The second-order valence-electron chi connectivity index (χ2n) is 4.98. The minimum atomic E-state index is -3.49. The second-order valence-corrected chi connectivity index (χ2v) is 6.71. The van der Waals surface area contributed by atoms with E-state index in [1.807, 2.05) is 18.3 Å². The van der Waals surface area contributed by atoms with Gasteiger partial charge in [0.1, 0.15) is 0 Å². The molecule has 7 heteroatoms. The highest BCUT2D eigenvalue weighted by Crippen LogP contribution is 2.28. The van der Waals surface area contributed by atoms with Crippen LogP contribution in [0.3, 0.4) is 0 Å². The first-order chi connectivity index (χ1) is 10.2. The highest BCUT2D eigenvalue weighted by Gasteiger charge is 2.21. The maximum atomic E-state index is 12.5. The highest BCUT2D eigenvalue weighted by atomic mass is 32.2. The lowest BCUT2D eigenvalue weighted by Gasteiger charge is -2.21. The van der Waals surface area contributed by atoms with E-state index in [0.717, 1.165) is 30.6 Å². The fourth-order valence-electron chi connectivity index (χ4n) is 2.53. The van der Waals surface area contributed by atoms with Crippen LogP contribution in [0.15, 0.2) is 41.6 Å². The van der Waals surface area contributed by atoms with E-state index in [1.165, 1.54) is 0 Å². The van der Waals surface area contributed by atoms with E-state index >= 15 is 0 Å². The van der Waals surface area contributed by atoms with E-state index in [0.29, 0.717) is 18.0 Å². The Balaban J connectivity index is 1.75. The Morgan fingerprint density at radius 2 is 2.24 bits per heavy atom. The molecule has 0 fully saturated rings. The van der Waals surface area contributed by atoms with Gasteiger partial charge in [-0.05, 0) is 36.6 Å². The maximum Gasteiger partial charge on any atom is 0.240 e. The molecule has 3 rings (SSSR count). The van der Waals surface area contributed by atoms with Crippen LogP contribution in [0.25, 0.3) is 0 Å². The van der Waals surface area contributed by atoms with Gasteiger partial charge in [-0.3, -0.25) is 4.68 Å². The first-order valence-corrected chi connectivity index (χ1v) is 8.48. The molecule has 6 nitrogen and oxygen atoms in total. The van der Waals surface area contributed by atoms with Crippen LogP contribution < -0.4 is 10.0 Å². The summed E-state index contributed by atoms with van der Waals surface area (Å²) >= 11 is 0. The molecule has 2 aromatic rings. The minimum Gasteiger partial charge on any atom is -0.385 e. The van der Waals surface area contributed by atoms with Crippen LogP contribution in [0.1, 0.15) is 12.0 Å². The minimum absolute atomic E-state index is 0.321. The van der Waals surface area contributed by atoms with Crippen molar-refractivity contribution in [1.29, 1.82) is 0 Å². The van der Waals surface area contributed by atoms with Crippen molar-refractivity contribution in [1.82, 2.24) is 14.5 Å². The monoisotopic (exact) mass is 306 g/mol. The summed E-state index contributed by atoms with van der Waals surface area (Å²) in [7, 11) is -3.49. The fourth-order valence-corrected chi connectivity index (χ4v) is 3.84. The van der Waals surface area contributed by atoms with Gasteiger partial charge in [0.25, 0.3) is 0 Å². The Morgan fingerprint density at radius 1 is 1.33 bits per heavy atom. The molecule has 1 aromatic heterocycles. The van der Waals surface area contributed by atoms with Gasteiger partial charge in [-0.2, -0.15) is 5.10 Å². The normalized spacial score (nSPS) is 14.5. The van der Waals surface area contributed by atoms with Crippen molar-refractivity contribution in [2.45, 2.75) is 24.3 Å². The van der Waals surface area contributed by atoms with Gasteiger partial charge in [0.2, 0.25) is 10.0 Å².